The molecule has 1 saturated heterocycles. The molecule has 0 radical (unpaired) electrons. The van der Waals surface area contributed by atoms with Crippen molar-refractivity contribution < 1.29 is 4.74 Å². The highest BCUT2D eigenvalue weighted by molar-refractivity contribution is 5.60. The monoisotopic (exact) mass is 271 g/mol. The van der Waals surface area contributed by atoms with E-state index in [2.05, 4.69) is 20.2 Å². The van der Waals surface area contributed by atoms with Crippen LogP contribution in [0.5, 0.6) is 0 Å². The van der Waals surface area contributed by atoms with Crippen LogP contribution in [0, 0.1) is 0 Å². The number of aromatic nitrogens is 2. The highest BCUT2D eigenvalue weighted by Gasteiger charge is 2.15. The topological polar surface area (TPSA) is 76.3 Å². The fourth-order valence-corrected chi connectivity index (χ4v) is 2.09. The van der Waals surface area contributed by atoms with Gasteiger partial charge in [-0.25, -0.2) is 0 Å². The van der Waals surface area contributed by atoms with E-state index in [9.17, 15) is 0 Å². The molecule has 1 aliphatic rings. The lowest BCUT2D eigenvalue weighted by Gasteiger charge is -2.27. The van der Waals surface area contributed by atoms with Gasteiger partial charge in [0.05, 0.1) is 13.2 Å². The zero-order valence-corrected chi connectivity index (χ0v) is 11.1. The number of nitrogens with one attached hydrogen (secondary N) is 1. The molecule has 0 bridgehead atoms. The molecule has 0 aliphatic carbocycles. The van der Waals surface area contributed by atoms with Crippen molar-refractivity contribution in [1.82, 2.24) is 9.97 Å². The van der Waals surface area contributed by atoms with Gasteiger partial charge in [0, 0.05) is 24.8 Å². The quantitative estimate of drug-likeness (QED) is 0.883. The zero-order valence-electron chi connectivity index (χ0n) is 11.1. The molecule has 1 aromatic heterocycles. The maximum atomic E-state index is 5.87. The van der Waals surface area contributed by atoms with E-state index in [1.807, 2.05) is 30.3 Å². The normalized spacial score (nSPS) is 15.1. The third-order valence-corrected chi connectivity index (χ3v) is 3.07. The average molecular weight is 271 g/mol. The van der Waals surface area contributed by atoms with Gasteiger partial charge >= 0.3 is 0 Å². The SMILES string of the molecule is Nc1cc(Nc2ccccc2)nc(N2CCOCC2)n1. The highest BCUT2D eigenvalue weighted by atomic mass is 16.5. The first-order chi connectivity index (χ1) is 9.81. The molecule has 0 saturated carbocycles. The van der Waals surface area contributed by atoms with Crippen LogP contribution in [-0.4, -0.2) is 36.3 Å². The van der Waals surface area contributed by atoms with E-state index in [0.29, 0.717) is 30.8 Å². The summed E-state index contributed by atoms with van der Waals surface area (Å²) < 4.78 is 5.33. The van der Waals surface area contributed by atoms with Crippen molar-refractivity contribution in [2.75, 3.05) is 42.3 Å². The van der Waals surface area contributed by atoms with Crippen LogP contribution in [0.3, 0.4) is 0 Å². The Morgan fingerprint density at radius 3 is 2.60 bits per heavy atom. The summed E-state index contributed by atoms with van der Waals surface area (Å²) in [6.07, 6.45) is 0. The zero-order chi connectivity index (χ0) is 13.8. The Morgan fingerprint density at radius 1 is 1.10 bits per heavy atom. The van der Waals surface area contributed by atoms with Crippen LogP contribution in [0.4, 0.5) is 23.3 Å². The summed E-state index contributed by atoms with van der Waals surface area (Å²) in [5.41, 5.74) is 6.84. The summed E-state index contributed by atoms with van der Waals surface area (Å²) in [7, 11) is 0. The van der Waals surface area contributed by atoms with Crippen LogP contribution < -0.4 is 16.0 Å². The molecule has 2 aromatic rings. The van der Waals surface area contributed by atoms with Gasteiger partial charge in [-0.05, 0) is 12.1 Å². The van der Waals surface area contributed by atoms with Crippen molar-refractivity contribution in [2.45, 2.75) is 0 Å². The Hall–Kier alpha value is -2.34. The van der Waals surface area contributed by atoms with Crippen molar-refractivity contribution in [3.8, 4) is 0 Å². The van der Waals surface area contributed by atoms with Gasteiger partial charge in [-0.3, -0.25) is 0 Å². The number of rotatable bonds is 3. The average Bonchev–Trinajstić information content (AvgIpc) is 2.49. The number of nitrogens with zero attached hydrogens (tertiary/aromatic N) is 3. The number of para-hydroxylation sites is 1. The molecule has 0 atom stereocenters. The van der Waals surface area contributed by atoms with Gasteiger partial charge in [0.15, 0.2) is 0 Å². The van der Waals surface area contributed by atoms with E-state index in [-0.39, 0.29) is 0 Å². The lowest BCUT2D eigenvalue weighted by atomic mass is 10.3. The van der Waals surface area contributed by atoms with E-state index in [1.54, 1.807) is 6.07 Å². The maximum absolute atomic E-state index is 5.87. The van der Waals surface area contributed by atoms with E-state index in [0.717, 1.165) is 18.8 Å². The highest BCUT2D eigenvalue weighted by Crippen LogP contribution is 2.19. The van der Waals surface area contributed by atoms with Gasteiger partial charge in [0.25, 0.3) is 0 Å². The molecule has 104 valence electrons. The Balaban J connectivity index is 1.82. The minimum Gasteiger partial charge on any atom is -0.383 e. The van der Waals surface area contributed by atoms with Gasteiger partial charge in [-0.15, -0.1) is 0 Å². The number of hydrogen-bond donors (Lipinski definition) is 2. The van der Waals surface area contributed by atoms with Gasteiger partial charge < -0.3 is 20.7 Å². The number of hydrogen-bond acceptors (Lipinski definition) is 6. The fourth-order valence-electron chi connectivity index (χ4n) is 2.09. The summed E-state index contributed by atoms with van der Waals surface area (Å²) in [5.74, 6) is 1.80. The second kappa shape index (κ2) is 5.75. The second-order valence-corrected chi connectivity index (χ2v) is 4.57. The van der Waals surface area contributed by atoms with Crippen LogP contribution in [0.1, 0.15) is 0 Å². The number of nitrogens with two attached hydrogens (primary N) is 1. The minimum atomic E-state index is 0.458. The molecular weight excluding hydrogens is 254 g/mol. The first-order valence-corrected chi connectivity index (χ1v) is 6.60. The summed E-state index contributed by atoms with van der Waals surface area (Å²) in [5, 5.41) is 3.24. The molecule has 3 rings (SSSR count). The molecule has 0 amide bonds. The minimum absolute atomic E-state index is 0.458. The van der Waals surface area contributed by atoms with E-state index < -0.39 is 0 Å². The van der Waals surface area contributed by atoms with Crippen molar-refractivity contribution in [3.05, 3.63) is 36.4 Å². The predicted molar refractivity (Wildman–Crippen MR) is 79.2 cm³/mol. The predicted octanol–water partition coefficient (Wildman–Crippen LogP) is 1.64. The summed E-state index contributed by atoms with van der Waals surface area (Å²) in [4.78, 5) is 10.9. The summed E-state index contributed by atoms with van der Waals surface area (Å²) >= 11 is 0. The van der Waals surface area contributed by atoms with Crippen molar-refractivity contribution in [2.24, 2.45) is 0 Å². The molecule has 3 N–H and O–H groups in total. The molecule has 0 spiro atoms. The first kappa shape index (κ1) is 12.7. The third-order valence-electron chi connectivity index (χ3n) is 3.07. The van der Waals surface area contributed by atoms with Crippen LogP contribution in [0.2, 0.25) is 0 Å². The van der Waals surface area contributed by atoms with Crippen LogP contribution in [0.25, 0.3) is 0 Å². The van der Waals surface area contributed by atoms with Crippen molar-refractivity contribution >= 4 is 23.3 Å². The largest absolute Gasteiger partial charge is 0.383 e. The molecule has 1 aromatic carbocycles. The van der Waals surface area contributed by atoms with Crippen LogP contribution >= 0.6 is 0 Å². The maximum Gasteiger partial charge on any atom is 0.229 e. The molecule has 1 fully saturated rings. The lowest BCUT2D eigenvalue weighted by molar-refractivity contribution is 0.122. The molecule has 0 unspecified atom stereocenters. The van der Waals surface area contributed by atoms with Crippen molar-refractivity contribution in [3.63, 3.8) is 0 Å². The standard InChI is InChI=1S/C14H17N5O/c15-12-10-13(16-11-4-2-1-3-5-11)18-14(17-12)19-6-8-20-9-7-19/h1-5,10H,6-9H2,(H3,15,16,17,18). The van der Waals surface area contributed by atoms with Gasteiger partial charge in [0.1, 0.15) is 11.6 Å². The number of nitrogen functional groups attached to an aromatic ring is 1. The van der Waals surface area contributed by atoms with E-state index in [1.165, 1.54) is 0 Å². The number of morpholine rings is 1. The Labute approximate surface area is 117 Å². The van der Waals surface area contributed by atoms with E-state index in [4.69, 9.17) is 10.5 Å². The van der Waals surface area contributed by atoms with Crippen LogP contribution in [-0.2, 0) is 4.74 Å². The van der Waals surface area contributed by atoms with Gasteiger partial charge in [0.2, 0.25) is 5.95 Å². The fraction of sp³-hybridized carbons (Fsp3) is 0.286. The van der Waals surface area contributed by atoms with E-state index >= 15 is 0 Å². The van der Waals surface area contributed by atoms with Gasteiger partial charge in [-0.2, -0.15) is 9.97 Å². The first-order valence-electron chi connectivity index (χ1n) is 6.60. The van der Waals surface area contributed by atoms with Crippen LogP contribution in [0.15, 0.2) is 36.4 Å². The van der Waals surface area contributed by atoms with Crippen molar-refractivity contribution in [1.29, 1.82) is 0 Å². The molecule has 1 aliphatic heterocycles. The number of ether oxygens (including phenoxy) is 1. The summed E-state index contributed by atoms with van der Waals surface area (Å²) in [6, 6.07) is 11.6. The number of anilines is 4. The molecule has 2 heterocycles. The summed E-state index contributed by atoms with van der Waals surface area (Å²) in [6.45, 7) is 2.96. The van der Waals surface area contributed by atoms with Gasteiger partial charge in [-0.1, -0.05) is 18.2 Å². The lowest BCUT2D eigenvalue weighted by Crippen LogP contribution is -2.37. The Kier molecular flexibility index (Phi) is 3.64. The second-order valence-electron chi connectivity index (χ2n) is 4.57. The third kappa shape index (κ3) is 2.97. The molecule has 6 nitrogen and oxygen atoms in total. The molecule has 6 heteroatoms. The Bertz CT molecular complexity index is 569. The molecule has 20 heavy (non-hydrogen) atoms. The molecular formula is C14H17N5O. The smallest absolute Gasteiger partial charge is 0.229 e. The Morgan fingerprint density at radius 2 is 1.85 bits per heavy atom. The number of benzene rings is 1.